The molecule has 0 aromatic carbocycles. The Bertz CT molecular complexity index is 1070. The summed E-state index contributed by atoms with van der Waals surface area (Å²) in [6.07, 6.45) is 4.08. The molecule has 7 nitrogen and oxygen atoms in total. The smallest absolute Gasteiger partial charge is 0.303 e. The van der Waals surface area contributed by atoms with Crippen LogP contribution in [0.25, 0.3) is 0 Å². The van der Waals surface area contributed by atoms with Gasteiger partial charge in [-0.05, 0) is 45.4 Å². The Morgan fingerprint density at radius 3 is 2.25 bits per heavy atom. The predicted octanol–water partition coefficient (Wildman–Crippen LogP) is 4.46. The van der Waals surface area contributed by atoms with Gasteiger partial charge in [0.2, 0.25) is 0 Å². The van der Waals surface area contributed by atoms with Crippen LogP contribution >= 0.6 is 0 Å². The highest BCUT2D eigenvalue weighted by Gasteiger charge is 2.73. The third-order valence-electron chi connectivity index (χ3n) is 11.2. The molecule has 1 N–H and O–H groups in total. The van der Waals surface area contributed by atoms with E-state index in [4.69, 9.17) is 9.47 Å². The molecule has 7 heteroatoms. The van der Waals surface area contributed by atoms with Crippen molar-refractivity contribution in [3.8, 4) is 0 Å². The van der Waals surface area contributed by atoms with Crippen molar-refractivity contribution in [2.45, 2.75) is 104 Å². The average molecular weight is 501 g/mol. The van der Waals surface area contributed by atoms with Crippen LogP contribution in [0.1, 0.15) is 92.4 Å². The van der Waals surface area contributed by atoms with E-state index in [2.05, 4.69) is 13.8 Å². The first-order valence-electron chi connectivity index (χ1n) is 13.6. The summed E-state index contributed by atoms with van der Waals surface area (Å²) in [5, 5.41) is 9.53. The topological polar surface area (TPSA) is 110 Å². The lowest BCUT2D eigenvalue weighted by Crippen LogP contribution is -2.56. The molecule has 0 radical (unpaired) electrons. The maximum absolute atomic E-state index is 14.2. The van der Waals surface area contributed by atoms with Gasteiger partial charge in [-0.1, -0.05) is 20.8 Å². The zero-order valence-corrected chi connectivity index (χ0v) is 22.3. The lowest BCUT2D eigenvalue weighted by Gasteiger charge is -2.55. The van der Waals surface area contributed by atoms with Gasteiger partial charge in [0.05, 0.1) is 24.4 Å². The van der Waals surface area contributed by atoms with E-state index in [1.54, 1.807) is 0 Å². The molecule has 7 atom stereocenters. The van der Waals surface area contributed by atoms with Crippen LogP contribution in [-0.2, 0) is 28.7 Å². The summed E-state index contributed by atoms with van der Waals surface area (Å²) < 4.78 is 12.3. The fourth-order valence-corrected chi connectivity index (χ4v) is 8.84. The van der Waals surface area contributed by atoms with E-state index in [0.717, 1.165) is 12.8 Å². The van der Waals surface area contributed by atoms with E-state index in [1.165, 1.54) is 0 Å². The Morgan fingerprint density at radius 1 is 0.944 bits per heavy atom. The number of epoxide rings is 1. The SMILES string of the molecule is CCC(=O)CC[C@]1(C)OC[C@]23CC(=O)C4=C(C(=O)C[C@@H]([C@@]5(C)CO5)[C@]4(C)CCC(=O)O)[C@]2(C)CC[C@@H]31. The first-order chi connectivity index (χ1) is 16.8. The maximum atomic E-state index is 14.2. The van der Waals surface area contributed by atoms with Crippen molar-refractivity contribution >= 4 is 23.3 Å². The van der Waals surface area contributed by atoms with E-state index >= 15 is 0 Å². The van der Waals surface area contributed by atoms with Gasteiger partial charge in [-0.25, -0.2) is 0 Å². The van der Waals surface area contributed by atoms with E-state index in [1.807, 2.05) is 20.8 Å². The summed E-state index contributed by atoms with van der Waals surface area (Å²) in [4.78, 5) is 51.9. The summed E-state index contributed by atoms with van der Waals surface area (Å²) in [5.41, 5.74) is -1.49. The third kappa shape index (κ3) is 3.37. The van der Waals surface area contributed by atoms with Crippen molar-refractivity contribution in [1.29, 1.82) is 0 Å². The monoisotopic (exact) mass is 500 g/mol. The van der Waals surface area contributed by atoms with Crippen molar-refractivity contribution < 1.29 is 33.8 Å². The summed E-state index contributed by atoms with van der Waals surface area (Å²) in [5.74, 6) is -0.821. The summed E-state index contributed by atoms with van der Waals surface area (Å²) in [6, 6.07) is 0. The van der Waals surface area contributed by atoms with Gasteiger partial charge in [-0.15, -0.1) is 0 Å². The van der Waals surface area contributed by atoms with Gasteiger partial charge in [0.1, 0.15) is 5.78 Å². The van der Waals surface area contributed by atoms with Crippen molar-refractivity contribution in [1.82, 2.24) is 0 Å². The molecule has 2 heterocycles. The van der Waals surface area contributed by atoms with Crippen molar-refractivity contribution in [3.63, 3.8) is 0 Å². The van der Waals surface area contributed by atoms with Gasteiger partial charge in [-0.3, -0.25) is 19.2 Å². The van der Waals surface area contributed by atoms with Gasteiger partial charge >= 0.3 is 5.97 Å². The largest absolute Gasteiger partial charge is 0.481 e. The van der Waals surface area contributed by atoms with E-state index in [-0.39, 0.29) is 42.0 Å². The van der Waals surface area contributed by atoms with Crippen LogP contribution < -0.4 is 0 Å². The third-order valence-corrected chi connectivity index (χ3v) is 11.2. The highest BCUT2D eigenvalue weighted by Crippen LogP contribution is 2.73. The average Bonchev–Trinajstić information content (AvgIpc) is 3.40. The first-order valence-corrected chi connectivity index (χ1v) is 13.6. The second-order valence-corrected chi connectivity index (χ2v) is 13.0. The molecule has 0 aromatic heterocycles. The fourth-order valence-electron chi connectivity index (χ4n) is 8.84. The predicted molar refractivity (Wildman–Crippen MR) is 131 cm³/mol. The number of hydrogen-bond acceptors (Lipinski definition) is 6. The van der Waals surface area contributed by atoms with E-state index in [9.17, 15) is 24.3 Å². The molecule has 2 aliphatic heterocycles. The van der Waals surface area contributed by atoms with Crippen LogP contribution in [0.3, 0.4) is 0 Å². The molecule has 0 amide bonds. The van der Waals surface area contributed by atoms with Crippen molar-refractivity contribution in [2.24, 2.45) is 28.1 Å². The number of carboxylic acid groups (broad SMARTS) is 1. The Hall–Kier alpha value is -1.86. The van der Waals surface area contributed by atoms with Gasteiger partial charge < -0.3 is 14.6 Å². The van der Waals surface area contributed by atoms with Gasteiger partial charge in [0, 0.05) is 65.4 Å². The molecule has 3 fully saturated rings. The van der Waals surface area contributed by atoms with Crippen LogP contribution in [0.2, 0.25) is 0 Å². The number of carboxylic acids is 1. The number of ether oxygens (including phenoxy) is 2. The lowest BCUT2D eigenvalue weighted by molar-refractivity contribution is -0.139. The number of ketones is 3. The molecule has 1 spiro atoms. The number of Topliss-reactive ketones (excluding diaryl/α,β-unsaturated/α-hetero) is 3. The Balaban J connectivity index is 1.59. The minimum Gasteiger partial charge on any atom is -0.481 e. The zero-order valence-electron chi connectivity index (χ0n) is 22.3. The minimum atomic E-state index is -0.899. The van der Waals surface area contributed by atoms with Crippen LogP contribution in [-0.4, -0.2) is 52.8 Å². The molecule has 0 aromatic rings. The quantitative estimate of drug-likeness (QED) is 0.490. The number of rotatable bonds is 8. The Morgan fingerprint density at radius 2 is 1.64 bits per heavy atom. The number of allylic oxidation sites excluding steroid dienone is 2. The molecule has 0 bridgehead atoms. The van der Waals surface area contributed by atoms with Crippen LogP contribution in [0.5, 0.6) is 0 Å². The molecular formula is C29H40O7. The normalized spacial score (nSPS) is 45.4. The summed E-state index contributed by atoms with van der Waals surface area (Å²) in [6.45, 7) is 11.0. The van der Waals surface area contributed by atoms with Gasteiger partial charge in [-0.2, -0.15) is 0 Å². The number of hydrogen-bond donors (Lipinski definition) is 1. The van der Waals surface area contributed by atoms with Crippen LogP contribution in [0.4, 0.5) is 0 Å². The second kappa shape index (κ2) is 8.07. The molecule has 36 heavy (non-hydrogen) atoms. The minimum absolute atomic E-state index is 0.0184. The van der Waals surface area contributed by atoms with Crippen LogP contribution in [0, 0.1) is 28.1 Å². The molecule has 5 rings (SSSR count). The molecule has 1 saturated carbocycles. The second-order valence-electron chi connectivity index (χ2n) is 13.0. The van der Waals surface area contributed by atoms with Gasteiger partial charge in [0.25, 0.3) is 0 Å². The number of aliphatic carboxylic acids is 1. The molecule has 5 aliphatic rings. The standard InChI is InChI=1S/C29H40O7/c1-6-17(30)7-12-27(4)20-8-11-26(3)24-18(31)13-21(28(5)15-35-28)25(2,10-9-22(33)34)23(24)19(32)14-29(20,26)16-36-27/h20-21H,6-16H2,1-5H3,(H,33,34)/t20-,21-,25+,26+,27+,28-,29+/m1/s1. The molecule has 198 valence electrons. The summed E-state index contributed by atoms with van der Waals surface area (Å²) >= 11 is 0. The molecule has 0 unspecified atom stereocenters. The van der Waals surface area contributed by atoms with Crippen LogP contribution in [0.15, 0.2) is 11.1 Å². The van der Waals surface area contributed by atoms with Gasteiger partial charge in [0.15, 0.2) is 11.6 Å². The molecular weight excluding hydrogens is 460 g/mol. The highest BCUT2D eigenvalue weighted by atomic mass is 16.6. The van der Waals surface area contributed by atoms with Crippen molar-refractivity contribution in [3.05, 3.63) is 11.1 Å². The lowest BCUT2D eigenvalue weighted by atomic mass is 9.46. The maximum Gasteiger partial charge on any atom is 0.303 e. The van der Waals surface area contributed by atoms with E-state index in [0.29, 0.717) is 56.5 Å². The zero-order chi connectivity index (χ0) is 26.3. The number of fused-ring (bicyclic) bond motifs is 1. The number of carbonyl (C=O) groups excluding carboxylic acids is 3. The Labute approximate surface area is 213 Å². The highest BCUT2D eigenvalue weighted by molar-refractivity contribution is 6.11. The first kappa shape index (κ1) is 25.8. The molecule has 3 aliphatic carbocycles. The Kier molecular flexibility index (Phi) is 5.78. The fraction of sp³-hybridized carbons (Fsp3) is 0.793. The number of carbonyl (C=O) groups is 4. The van der Waals surface area contributed by atoms with E-state index < -0.39 is 33.4 Å². The summed E-state index contributed by atoms with van der Waals surface area (Å²) in [7, 11) is 0. The molecule has 2 saturated heterocycles. The van der Waals surface area contributed by atoms with Crippen molar-refractivity contribution in [2.75, 3.05) is 13.2 Å².